The van der Waals surface area contributed by atoms with E-state index in [2.05, 4.69) is 29.6 Å². The van der Waals surface area contributed by atoms with Gasteiger partial charge in [-0.25, -0.2) is 4.79 Å². The molecule has 0 spiro atoms. The van der Waals surface area contributed by atoms with Gasteiger partial charge in [0.25, 0.3) is 0 Å². The minimum Gasteiger partial charge on any atom is -0.449 e. The molecule has 6 heteroatoms. The second-order valence-electron chi connectivity index (χ2n) is 6.46. The Morgan fingerprint density at radius 3 is 2.19 bits per heavy atom. The zero-order valence-corrected chi connectivity index (χ0v) is 15.1. The predicted octanol–water partition coefficient (Wildman–Crippen LogP) is 2.29. The second-order valence-corrected chi connectivity index (χ2v) is 6.46. The molecule has 2 aromatic carbocycles. The Kier molecular flexibility index (Phi) is 6.81. The van der Waals surface area contributed by atoms with E-state index in [1.165, 1.54) is 22.3 Å². The van der Waals surface area contributed by atoms with Crippen molar-refractivity contribution in [3.8, 4) is 11.1 Å². The van der Waals surface area contributed by atoms with Gasteiger partial charge in [0, 0.05) is 19.1 Å². The standard InChI is InChI=1S/C21H25NO5/c23-12-15(13-24)26-11-5-10-22-21(25)27-14-20-18-8-3-1-6-16(18)17-7-2-4-9-19(17)20/h1-4,6-9,15,20,23-24H,5,10-14H2,(H,22,25). The third-order valence-corrected chi connectivity index (χ3v) is 4.69. The van der Waals surface area contributed by atoms with Crippen molar-refractivity contribution in [1.29, 1.82) is 0 Å². The summed E-state index contributed by atoms with van der Waals surface area (Å²) in [7, 11) is 0. The van der Waals surface area contributed by atoms with Gasteiger partial charge in [-0.15, -0.1) is 0 Å². The van der Waals surface area contributed by atoms with Crippen LogP contribution >= 0.6 is 0 Å². The van der Waals surface area contributed by atoms with Gasteiger partial charge in [-0.05, 0) is 28.7 Å². The summed E-state index contributed by atoms with van der Waals surface area (Å²) in [4.78, 5) is 12.0. The van der Waals surface area contributed by atoms with Crippen LogP contribution in [0.25, 0.3) is 11.1 Å². The summed E-state index contributed by atoms with van der Waals surface area (Å²) >= 11 is 0. The van der Waals surface area contributed by atoms with Crippen molar-refractivity contribution in [2.24, 2.45) is 0 Å². The highest BCUT2D eigenvalue weighted by Gasteiger charge is 2.28. The lowest BCUT2D eigenvalue weighted by Crippen LogP contribution is -2.29. The van der Waals surface area contributed by atoms with E-state index in [0.717, 1.165) is 0 Å². The molecule has 0 radical (unpaired) electrons. The third kappa shape index (κ3) is 4.66. The first kappa shape index (κ1) is 19.4. The minimum atomic E-state index is -0.570. The molecule has 0 fully saturated rings. The fourth-order valence-electron chi connectivity index (χ4n) is 3.33. The molecule has 3 rings (SSSR count). The van der Waals surface area contributed by atoms with Crippen molar-refractivity contribution in [2.75, 3.05) is 33.0 Å². The van der Waals surface area contributed by atoms with E-state index in [0.29, 0.717) is 19.6 Å². The zero-order chi connectivity index (χ0) is 19.1. The van der Waals surface area contributed by atoms with Gasteiger partial charge in [0.1, 0.15) is 12.7 Å². The first-order valence-electron chi connectivity index (χ1n) is 9.16. The Labute approximate surface area is 158 Å². The molecule has 0 saturated carbocycles. The van der Waals surface area contributed by atoms with Crippen LogP contribution in [0, 0.1) is 0 Å². The molecule has 27 heavy (non-hydrogen) atoms. The summed E-state index contributed by atoms with van der Waals surface area (Å²) in [5.41, 5.74) is 4.75. The SMILES string of the molecule is O=C(NCCCOC(CO)CO)OCC1c2ccccc2-c2ccccc21. The quantitative estimate of drug-likeness (QED) is 0.589. The largest absolute Gasteiger partial charge is 0.449 e. The van der Waals surface area contributed by atoms with E-state index in [1.807, 2.05) is 24.3 Å². The number of fused-ring (bicyclic) bond motifs is 3. The predicted molar refractivity (Wildman–Crippen MR) is 102 cm³/mol. The van der Waals surface area contributed by atoms with E-state index in [9.17, 15) is 4.79 Å². The smallest absolute Gasteiger partial charge is 0.407 e. The minimum absolute atomic E-state index is 0.0429. The third-order valence-electron chi connectivity index (χ3n) is 4.69. The molecule has 0 heterocycles. The van der Waals surface area contributed by atoms with Crippen LogP contribution in [0.1, 0.15) is 23.5 Å². The number of hydrogen-bond donors (Lipinski definition) is 3. The number of ether oxygens (including phenoxy) is 2. The number of aliphatic hydroxyl groups excluding tert-OH is 2. The lowest BCUT2D eigenvalue weighted by molar-refractivity contribution is -0.0201. The van der Waals surface area contributed by atoms with Crippen LogP contribution in [0.3, 0.4) is 0 Å². The second kappa shape index (κ2) is 9.50. The summed E-state index contributed by atoms with van der Waals surface area (Å²) < 4.78 is 10.7. The van der Waals surface area contributed by atoms with E-state index in [-0.39, 0.29) is 25.7 Å². The van der Waals surface area contributed by atoms with Crippen molar-refractivity contribution in [3.05, 3.63) is 59.7 Å². The highest BCUT2D eigenvalue weighted by Crippen LogP contribution is 2.44. The molecule has 0 unspecified atom stereocenters. The molecule has 6 nitrogen and oxygen atoms in total. The first-order chi connectivity index (χ1) is 13.2. The van der Waals surface area contributed by atoms with Crippen molar-refractivity contribution < 1.29 is 24.5 Å². The lowest BCUT2D eigenvalue weighted by atomic mass is 9.98. The van der Waals surface area contributed by atoms with Crippen LogP contribution in [0.5, 0.6) is 0 Å². The molecular weight excluding hydrogens is 346 g/mol. The van der Waals surface area contributed by atoms with Gasteiger partial charge in [-0.2, -0.15) is 0 Å². The number of benzene rings is 2. The van der Waals surface area contributed by atoms with Crippen molar-refractivity contribution in [3.63, 3.8) is 0 Å². The number of carbonyl (C=O) groups is 1. The molecule has 0 saturated heterocycles. The highest BCUT2D eigenvalue weighted by molar-refractivity contribution is 5.79. The molecular formula is C21H25NO5. The topological polar surface area (TPSA) is 88.0 Å². The molecule has 1 aliphatic carbocycles. The van der Waals surface area contributed by atoms with Gasteiger partial charge in [0.15, 0.2) is 0 Å². The van der Waals surface area contributed by atoms with Crippen LogP contribution in [0.15, 0.2) is 48.5 Å². The first-order valence-corrected chi connectivity index (χ1v) is 9.16. The average Bonchev–Trinajstić information content (AvgIpc) is 3.03. The summed E-state index contributed by atoms with van der Waals surface area (Å²) in [6.45, 7) is 0.579. The van der Waals surface area contributed by atoms with Crippen molar-refractivity contribution >= 4 is 6.09 Å². The van der Waals surface area contributed by atoms with Gasteiger partial charge in [-0.1, -0.05) is 48.5 Å². The Morgan fingerprint density at radius 1 is 1.00 bits per heavy atom. The Hall–Kier alpha value is -2.41. The maximum absolute atomic E-state index is 12.0. The van der Waals surface area contributed by atoms with Gasteiger partial charge in [-0.3, -0.25) is 0 Å². The molecule has 1 amide bonds. The van der Waals surface area contributed by atoms with Gasteiger partial charge < -0.3 is 25.0 Å². The molecule has 0 bridgehead atoms. The van der Waals surface area contributed by atoms with E-state index >= 15 is 0 Å². The number of alkyl carbamates (subject to hydrolysis) is 1. The Bertz CT molecular complexity index is 714. The molecule has 1 aliphatic rings. The molecule has 3 N–H and O–H groups in total. The number of amides is 1. The van der Waals surface area contributed by atoms with Crippen LogP contribution < -0.4 is 5.32 Å². The van der Waals surface area contributed by atoms with Gasteiger partial charge in [0.2, 0.25) is 0 Å². The monoisotopic (exact) mass is 371 g/mol. The number of hydrogen-bond acceptors (Lipinski definition) is 5. The highest BCUT2D eigenvalue weighted by atomic mass is 16.5. The molecule has 0 aliphatic heterocycles. The van der Waals surface area contributed by atoms with Crippen molar-refractivity contribution in [2.45, 2.75) is 18.4 Å². The summed E-state index contributed by atoms with van der Waals surface area (Å²) in [6, 6.07) is 16.4. The Balaban J connectivity index is 1.47. The fraction of sp³-hybridized carbons (Fsp3) is 0.381. The fourth-order valence-corrected chi connectivity index (χ4v) is 3.33. The van der Waals surface area contributed by atoms with Crippen LogP contribution in [-0.4, -0.2) is 55.4 Å². The number of rotatable bonds is 9. The molecule has 0 aromatic heterocycles. The van der Waals surface area contributed by atoms with Gasteiger partial charge in [0.05, 0.1) is 13.2 Å². The van der Waals surface area contributed by atoms with Crippen LogP contribution in [0.2, 0.25) is 0 Å². The maximum Gasteiger partial charge on any atom is 0.407 e. The van der Waals surface area contributed by atoms with Crippen LogP contribution in [-0.2, 0) is 9.47 Å². The zero-order valence-electron chi connectivity index (χ0n) is 15.1. The maximum atomic E-state index is 12.0. The van der Waals surface area contributed by atoms with E-state index < -0.39 is 12.2 Å². The molecule has 0 atom stereocenters. The Morgan fingerprint density at radius 2 is 1.59 bits per heavy atom. The molecule has 2 aromatic rings. The number of carbonyl (C=O) groups excluding carboxylic acids is 1. The normalized spacial score (nSPS) is 12.7. The lowest BCUT2D eigenvalue weighted by Gasteiger charge is -2.15. The van der Waals surface area contributed by atoms with Gasteiger partial charge >= 0.3 is 6.09 Å². The summed E-state index contributed by atoms with van der Waals surface area (Å²) in [5, 5.41) is 20.5. The van der Waals surface area contributed by atoms with E-state index in [1.54, 1.807) is 0 Å². The number of aliphatic hydroxyl groups is 2. The van der Waals surface area contributed by atoms with Crippen molar-refractivity contribution in [1.82, 2.24) is 5.32 Å². The molecule has 144 valence electrons. The summed E-state index contributed by atoms with van der Waals surface area (Å²) in [5.74, 6) is 0.0429. The average molecular weight is 371 g/mol. The van der Waals surface area contributed by atoms with E-state index in [4.69, 9.17) is 19.7 Å². The van der Waals surface area contributed by atoms with Crippen LogP contribution in [0.4, 0.5) is 4.79 Å². The summed E-state index contributed by atoms with van der Waals surface area (Å²) in [6.07, 6.45) is -0.460. The number of nitrogens with one attached hydrogen (secondary N) is 1.